The molecule has 0 saturated carbocycles. The third-order valence-corrected chi connectivity index (χ3v) is 1.45. The lowest BCUT2D eigenvalue weighted by Crippen LogP contribution is -1.81. The number of hydrogen-bond donors (Lipinski definition) is 0. The molecule has 0 heterocycles. The maximum Gasteiger partial charge on any atom is -0.0103 e. The SMILES string of the molecule is C=CCC1=CCCC=C1. The Morgan fingerprint density at radius 2 is 2.44 bits per heavy atom. The molecule has 1 rings (SSSR count). The lowest BCUT2D eigenvalue weighted by molar-refractivity contribution is 1.00. The molecular formula is C9H12. The van der Waals surface area contributed by atoms with E-state index >= 15 is 0 Å². The molecule has 0 spiro atoms. The van der Waals surface area contributed by atoms with Crippen molar-refractivity contribution in [1.29, 1.82) is 0 Å². The van der Waals surface area contributed by atoms with Crippen molar-refractivity contribution in [2.75, 3.05) is 0 Å². The fourth-order valence-corrected chi connectivity index (χ4v) is 0.986. The average Bonchev–Trinajstić information content (AvgIpc) is 1.91. The highest BCUT2D eigenvalue weighted by molar-refractivity contribution is 5.23. The van der Waals surface area contributed by atoms with Gasteiger partial charge < -0.3 is 0 Å². The van der Waals surface area contributed by atoms with Gasteiger partial charge in [0.2, 0.25) is 0 Å². The van der Waals surface area contributed by atoms with Gasteiger partial charge in [-0.15, -0.1) is 6.58 Å². The first-order chi connectivity index (χ1) is 4.43. The zero-order valence-corrected chi connectivity index (χ0v) is 5.64. The summed E-state index contributed by atoms with van der Waals surface area (Å²) >= 11 is 0. The molecule has 0 aromatic carbocycles. The molecule has 0 N–H and O–H groups in total. The largest absolute Gasteiger partial charge is 0.103 e. The van der Waals surface area contributed by atoms with E-state index in [-0.39, 0.29) is 0 Å². The Labute approximate surface area is 56.6 Å². The van der Waals surface area contributed by atoms with Gasteiger partial charge in [0.25, 0.3) is 0 Å². The summed E-state index contributed by atoms with van der Waals surface area (Å²) in [5.41, 5.74) is 1.41. The predicted molar refractivity (Wildman–Crippen MR) is 41.3 cm³/mol. The van der Waals surface area contributed by atoms with Crippen LogP contribution in [0.5, 0.6) is 0 Å². The van der Waals surface area contributed by atoms with Crippen molar-refractivity contribution < 1.29 is 0 Å². The zero-order valence-electron chi connectivity index (χ0n) is 5.64. The van der Waals surface area contributed by atoms with Crippen molar-refractivity contribution in [3.05, 3.63) is 36.5 Å². The van der Waals surface area contributed by atoms with Gasteiger partial charge in [-0.1, -0.05) is 24.3 Å². The van der Waals surface area contributed by atoms with Crippen molar-refractivity contribution in [3.8, 4) is 0 Å². The second kappa shape index (κ2) is 3.29. The van der Waals surface area contributed by atoms with E-state index in [4.69, 9.17) is 0 Å². The van der Waals surface area contributed by atoms with Crippen LogP contribution in [-0.2, 0) is 0 Å². The second-order valence-corrected chi connectivity index (χ2v) is 2.25. The molecule has 0 bridgehead atoms. The highest BCUT2D eigenvalue weighted by Crippen LogP contribution is 2.12. The van der Waals surface area contributed by atoms with Gasteiger partial charge in [0, 0.05) is 0 Å². The van der Waals surface area contributed by atoms with Crippen molar-refractivity contribution >= 4 is 0 Å². The Morgan fingerprint density at radius 3 is 3.00 bits per heavy atom. The van der Waals surface area contributed by atoms with Gasteiger partial charge in [0.1, 0.15) is 0 Å². The van der Waals surface area contributed by atoms with Crippen LogP contribution in [0.2, 0.25) is 0 Å². The fourth-order valence-electron chi connectivity index (χ4n) is 0.986. The Morgan fingerprint density at radius 1 is 1.56 bits per heavy atom. The summed E-state index contributed by atoms with van der Waals surface area (Å²) in [5, 5.41) is 0. The monoisotopic (exact) mass is 120 g/mol. The number of rotatable bonds is 2. The van der Waals surface area contributed by atoms with Crippen LogP contribution < -0.4 is 0 Å². The molecular weight excluding hydrogens is 108 g/mol. The number of allylic oxidation sites excluding steroid dienone is 5. The van der Waals surface area contributed by atoms with Gasteiger partial charge in [-0.05, 0) is 24.8 Å². The highest BCUT2D eigenvalue weighted by Gasteiger charge is 1.92. The van der Waals surface area contributed by atoms with Crippen LogP contribution in [0.15, 0.2) is 36.5 Å². The van der Waals surface area contributed by atoms with Crippen LogP contribution >= 0.6 is 0 Å². The summed E-state index contributed by atoms with van der Waals surface area (Å²) < 4.78 is 0. The zero-order chi connectivity index (χ0) is 6.53. The minimum Gasteiger partial charge on any atom is -0.103 e. The van der Waals surface area contributed by atoms with E-state index in [0.717, 1.165) is 6.42 Å². The van der Waals surface area contributed by atoms with Crippen LogP contribution in [0.1, 0.15) is 19.3 Å². The van der Waals surface area contributed by atoms with E-state index in [0.29, 0.717) is 0 Å². The van der Waals surface area contributed by atoms with E-state index in [1.807, 2.05) is 6.08 Å². The topological polar surface area (TPSA) is 0 Å². The first-order valence-corrected chi connectivity index (χ1v) is 3.40. The third-order valence-electron chi connectivity index (χ3n) is 1.45. The minimum absolute atomic E-state index is 1.02. The molecule has 0 nitrogen and oxygen atoms in total. The predicted octanol–water partition coefficient (Wildman–Crippen LogP) is 2.84. The summed E-state index contributed by atoms with van der Waals surface area (Å²) in [7, 11) is 0. The van der Waals surface area contributed by atoms with Crippen molar-refractivity contribution in [2.45, 2.75) is 19.3 Å². The molecule has 0 atom stereocenters. The quantitative estimate of drug-likeness (QED) is 0.491. The van der Waals surface area contributed by atoms with E-state index in [2.05, 4.69) is 24.8 Å². The van der Waals surface area contributed by atoms with Gasteiger partial charge in [-0.2, -0.15) is 0 Å². The molecule has 1 aliphatic rings. The van der Waals surface area contributed by atoms with Crippen LogP contribution in [0, 0.1) is 0 Å². The molecule has 0 heteroatoms. The first kappa shape index (κ1) is 6.34. The molecule has 0 aliphatic heterocycles. The summed E-state index contributed by atoms with van der Waals surface area (Å²) in [6.45, 7) is 3.68. The lowest BCUT2D eigenvalue weighted by atomic mass is 10.0. The molecule has 48 valence electrons. The maximum absolute atomic E-state index is 3.68. The normalized spacial score (nSPS) is 17.1. The lowest BCUT2D eigenvalue weighted by Gasteiger charge is -2.01. The molecule has 1 aliphatic carbocycles. The molecule has 0 amide bonds. The maximum atomic E-state index is 3.68. The van der Waals surface area contributed by atoms with Crippen LogP contribution in [0.4, 0.5) is 0 Å². The molecule has 0 saturated heterocycles. The van der Waals surface area contributed by atoms with E-state index in [1.54, 1.807) is 0 Å². The Kier molecular flexibility index (Phi) is 2.32. The molecule has 0 unspecified atom stereocenters. The Hall–Kier alpha value is -0.780. The summed E-state index contributed by atoms with van der Waals surface area (Å²) in [5.74, 6) is 0. The summed E-state index contributed by atoms with van der Waals surface area (Å²) in [4.78, 5) is 0. The molecule has 0 aromatic heterocycles. The van der Waals surface area contributed by atoms with Crippen LogP contribution in [0.3, 0.4) is 0 Å². The minimum atomic E-state index is 1.02. The molecule has 0 aromatic rings. The smallest absolute Gasteiger partial charge is 0.0103 e. The van der Waals surface area contributed by atoms with Crippen molar-refractivity contribution in [2.24, 2.45) is 0 Å². The third kappa shape index (κ3) is 1.88. The number of hydrogen-bond acceptors (Lipinski definition) is 0. The Balaban J connectivity index is 2.47. The van der Waals surface area contributed by atoms with Crippen LogP contribution in [-0.4, -0.2) is 0 Å². The van der Waals surface area contributed by atoms with Crippen molar-refractivity contribution in [1.82, 2.24) is 0 Å². The second-order valence-electron chi connectivity index (χ2n) is 2.25. The van der Waals surface area contributed by atoms with Gasteiger partial charge in [-0.25, -0.2) is 0 Å². The molecule has 0 fully saturated rings. The van der Waals surface area contributed by atoms with E-state index in [1.165, 1.54) is 18.4 Å². The van der Waals surface area contributed by atoms with Gasteiger partial charge in [0.15, 0.2) is 0 Å². The van der Waals surface area contributed by atoms with E-state index < -0.39 is 0 Å². The van der Waals surface area contributed by atoms with Gasteiger partial charge in [-0.3, -0.25) is 0 Å². The highest BCUT2D eigenvalue weighted by atomic mass is 14.0. The van der Waals surface area contributed by atoms with Crippen LogP contribution in [0.25, 0.3) is 0 Å². The van der Waals surface area contributed by atoms with Gasteiger partial charge in [0.05, 0.1) is 0 Å². The molecule has 9 heavy (non-hydrogen) atoms. The molecule has 0 radical (unpaired) electrons. The average molecular weight is 120 g/mol. The van der Waals surface area contributed by atoms with Gasteiger partial charge >= 0.3 is 0 Å². The standard InChI is InChI=1S/C9H12/c1-2-6-9-7-4-3-5-8-9/h2,4,7-8H,1,3,5-6H2. The summed E-state index contributed by atoms with van der Waals surface area (Å²) in [6.07, 6.45) is 12.1. The first-order valence-electron chi connectivity index (χ1n) is 3.40. The van der Waals surface area contributed by atoms with Crippen molar-refractivity contribution in [3.63, 3.8) is 0 Å². The van der Waals surface area contributed by atoms with E-state index in [9.17, 15) is 0 Å². The fraction of sp³-hybridized carbons (Fsp3) is 0.333. The Bertz CT molecular complexity index is 149. The summed E-state index contributed by atoms with van der Waals surface area (Å²) in [6, 6.07) is 0.